The molecule has 2 aromatic heterocycles. The molecule has 0 bridgehead atoms. The first kappa shape index (κ1) is 20.0. The van der Waals surface area contributed by atoms with E-state index in [2.05, 4.69) is 20.3 Å². The van der Waals surface area contributed by atoms with Gasteiger partial charge in [0.25, 0.3) is 0 Å². The minimum absolute atomic E-state index is 0.0329. The van der Waals surface area contributed by atoms with E-state index in [1.54, 1.807) is 6.07 Å². The third kappa shape index (κ3) is 4.23. The summed E-state index contributed by atoms with van der Waals surface area (Å²) in [6.45, 7) is 0.388. The molecule has 3 rings (SSSR count). The monoisotopic (exact) mass is 414 g/mol. The molecule has 0 unspecified atom stereocenters. The molecule has 1 aromatic carbocycles. The smallest absolute Gasteiger partial charge is 0.366 e. The number of imidazole rings is 1. The Morgan fingerprint density at radius 3 is 2.61 bits per heavy atom. The molecule has 0 saturated heterocycles. The Labute approximate surface area is 162 Å². The highest BCUT2D eigenvalue weighted by atomic mass is 35.5. The molecule has 0 aliphatic carbocycles. The van der Waals surface area contributed by atoms with Gasteiger partial charge in [0, 0.05) is 38.1 Å². The van der Waals surface area contributed by atoms with Crippen LogP contribution in [0.5, 0.6) is 0 Å². The van der Waals surface area contributed by atoms with Crippen LogP contribution in [-0.4, -0.2) is 19.5 Å². The highest BCUT2D eigenvalue weighted by molar-refractivity contribution is 6.28. The summed E-state index contributed by atoms with van der Waals surface area (Å²) in [5.41, 5.74) is 5.68. The molecule has 11 heteroatoms. The van der Waals surface area contributed by atoms with Gasteiger partial charge >= 0.3 is 6.18 Å². The Balaban J connectivity index is 1.82. The van der Waals surface area contributed by atoms with E-state index in [9.17, 15) is 17.6 Å². The first-order chi connectivity index (χ1) is 13.2. The SMILES string of the molecule is Cn1cc(C(F)(F)F)nc1-c1ccc(CNc2nc(Cl)ncc2CN)cc1F. The predicted octanol–water partition coefficient (Wildman–Crippen LogP) is 3.76. The van der Waals surface area contributed by atoms with Gasteiger partial charge < -0.3 is 15.6 Å². The zero-order valence-corrected chi connectivity index (χ0v) is 15.3. The number of anilines is 1. The van der Waals surface area contributed by atoms with Gasteiger partial charge in [-0.2, -0.15) is 13.2 Å². The van der Waals surface area contributed by atoms with Crippen LogP contribution < -0.4 is 11.1 Å². The minimum atomic E-state index is -4.60. The number of nitrogens with zero attached hydrogens (tertiary/aromatic N) is 4. The summed E-state index contributed by atoms with van der Waals surface area (Å²) in [5, 5.41) is 3.03. The average molecular weight is 415 g/mol. The molecule has 0 radical (unpaired) electrons. The maximum Gasteiger partial charge on any atom is 0.434 e. The van der Waals surface area contributed by atoms with E-state index < -0.39 is 17.7 Å². The molecule has 0 amide bonds. The molecule has 0 spiro atoms. The first-order valence-electron chi connectivity index (χ1n) is 8.03. The molecule has 0 fully saturated rings. The summed E-state index contributed by atoms with van der Waals surface area (Å²) in [5.74, 6) is -0.385. The van der Waals surface area contributed by atoms with Crippen molar-refractivity contribution in [1.82, 2.24) is 19.5 Å². The van der Waals surface area contributed by atoms with Crippen molar-refractivity contribution in [1.29, 1.82) is 0 Å². The summed E-state index contributed by atoms with van der Waals surface area (Å²) in [6, 6.07) is 4.18. The van der Waals surface area contributed by atoms with Gasteiger partial charge in [0.05, 0.1) is 5.56 Å². The van der Waals surface area contributed by atoms with Crippen LogP contribution in [0.1, 0.15) is 16.8 Å². The normalized spacial score (nSPS) is 11.7. The maximum absolute atomic E-state index is 14.5. The van der Waals surface area contributed by atoms with Gasteiger partial charge in [0.2, 0.25) is 5.28 Å². The molecule has 6 nitrogen and oxygen atoms in total. The van der Waals surface area contributed by atoms with Gasteiger partial charge in [0.1, 0.15) is 17.5 Å². The highest BCUT2D eigenvalue weighted by Crippen LogP contribution is 2.31. The Morgan fingerprint density at radius 1 is 1.25 bits per heavy atom. The van der Waals surface area contributed by atoms with E-state index in [0.29, 0.717) is 16.9 Å². The van der Waals surface area contributed by atoms with E-state index in [-0.39, 0.29) is 29.8 Å². The van der Waals surface area contributed by atoms with Crippen molar-refractivity contribution in [3.8, 4) is 11.4 Å². The minimum Gasteiger partial charge on any atom is -0.366 e. The first-order valence-corrected chi connectivity index (χ1v) is 8.41. The third-order valence-electron chi connectivity index (χ3n) is 3.96. The standard InChI is InChI=1S/C17H15ClF4N6/c1-28-8-13(17(20,21)22)26-15(28)11-3-2-9(4-12(11)19)6-24-14-10(5-23)7-25-16(18)27-14/h2-4,7-8H,5-6,23H2,1H3,(H,24,25,27). The van der Waals surface area contributed by atoms with E-state index in [1.807, 2.05) is 0 Å². The Bertz CT molecular complexity index is 1000. The van der Waals surface area contributed by atoms with Crippen LogP contribution in [0.4, 0.5) is 23.4 Å². The Morgan fingerprint density at radius 2 is 2.00 bits per heavy atom. The van der Waals surface area contributed by atoms with Crippen molar-refractivity contribution in [2.24, 2.45) is 12.8 Å². The van der Waals surface area contributed by atoms with Gasteiger partial charge in [-0.05, 0) is 29.3 Å². The van der Waals surface area contributed by atoms with Crippen molar-refractivity contribution >= 4 is 17.4 Å². The Hall–Kier alpha value is -2.72. The second-order valence-corrected chi connectivity index (χ2v) is 6.28. The Kier molecular flexibility index (Phi) is 5.52. The second kappa shape index (κ2) is 7.72. The number of nitrogens with two attached hydrogens (primary N) is 1. The quantitative estimate of drug-likeness (QED) is 0.491. The van der Waals surface area contributed by atoms with Crippen LogP contribution in [-0.2, 0) is 26.3 Å². The molecule has 0 aliphatic rings. The van der Waals surface area contributed by atoms with Crippen molar-refractivity contribution in [3.63, 3.8) is 0 Å². The number of alkyl halides is 3. The van der Waals surface area contributed by atoms with E-state index in [4.69, 9.17) is 17.3 Å². The number of nitrogens with one attached hydrogen (secondary N) is 1. The number of aryl methyl sites for hydroxylation is 1. The fraction of sp³-hybridized carbons (Fsp3) is 0.235. The lowest BCUT2D eigenvalue weighted by atomic mass is 10.1. The van der Waals surface area contributed by atoms with Crippen molar-refractivity contribution in [3.05, 3.63) is 58.5 Å². The molecule has 0 saturated carbocycles. The van der Waals surface area contributed by atoms with Gasteiger partial charge in [-0.15, -0.1) is 0 Å². The number of hydrogen-bond acceptors (Lipinski definition) is 5. The van der Waals surface area contributed by atoms with Gasteiger partial charge in [-0.1, -0.05) is 6.07 Å². The van der Waals surface area contributed by atoms with Crippen LogP contribution in [0.15, 0.2) is 30.6 Å². The summed E-state index contributed by atoms with van der Waals surface area (Å²) >= 11 is 5.77. The molecule has 3 N–H and O–H groups in total. The number of aromatic nitrogens is 4. The lowest BCUT2D eigenvalue weighted by molar-refractivity contribution is -0.140. The van der Waals surface area contributed by atoms with E-state index in [1.165, 1.54) is 25.4 Å². The van der Waals surface area contributed by atoms with Gasteiger partial charge in [-0.3, -0.25) is 0 Å². The summed E-state index contributed by atoms with van der Waals surface area (Å²) in [6.07, 6.45) is -2.30. The summed E-state index contributed by atoms with van der Waals surface area (Å²) in [4.78, 5) is 11.4. The molecular formula is C17H15ClF4N6. The topological polar surface area (TPSA) is 81.7 Å². The van der Waals surface area contributed by atoms with Crippen molar-refractivity contribution < 1.29 is 17.6 Å². The fourth-order valence-corrected chi connectivity index (χ4v) is 2.71. The van der Waals surface area contributed by atoms with E-state index in [0.717, 1.165) is 10.8 Å². The van der Waals surface area contributed by atoms with Crippen LogP contribution >= 0.6 is 11.6 Å². The maximum atomic E-state index is 14.5. The van der Waals surface area contributed by atoms with Gasteiger partial charge in [0.15, 0.2) is 5.69 Å². The molecule has 0 aliphatic heterocycles. The lowest BCUT2D eigenvalue weighted by Gasteiger charge is -2.11. The zero-order chi connectivity index (χ0) is 20.5. The molecule has 2 heterocycles. The zero-order valence-electron chi connectivity index (χ0n) is 14.6. The lowest BCUT2D eigenvalue weighted by Crippen LogP contribution is -2.09. The van der Waals surface area contributed by atoms with Crippen molar-refractivity contribution in [2.45, 2.75) is 19.3 Å². The molecule has 148 valence electrons. The van der Waals surface area contributed by atoms with Gasteiger partial charge in [-0.25, -0.2) is 19.3 Å². The van der Waals surface area contributed by atoms with Crippen LogP contribution in [0, 0.1) is 5.82 Å². The second-order valence-electron chi connectivity index (χ2n) is 5.94. The highest BCUT2D eigenvalue weighted by Gasteiger charge is 2.34. The average Bonchev–Trinajstić information content (AvgIpc) is 3.02. The summed E-state index contributed by atoms with van der Waals surface area (Å²) < 4.78 is 54.1. The fourth-order valence-electron chi connectivity index (χ4n) is 2.58. The molecule has 28 heavy (non-hydrogen) atoms. The van der Waals surface area contributed by atoms with E-state index >= 15 is 0 Å². The number of hydrogen-bond donors (Lipinski definition) is 2. The third-order valence-corrected chi connectivity index (χ3v) is 4.14. The molecule has 0 atom stereocenters. The molecule has 3 aromatic rings. The summed E-state index contributed by atoms with van der Waals surface area (Å²) in [7, 11) is 1.37. The molecular weight excluding hydrogens is 400 g/mol. The number of halogens is 5. The van der Waals surface area contributed by atoms with Crippen molar-refractivity contribution in [2.75, 3.05) is 5.32 Å². The predicted molar refractivity (Wildman–Crippen MR) is 95.9 cm³/mol. The van der Waals surface area contributed by atoms with Crippen LogP contribution in [0.3, 0.4) is 0 Å². The number of rotatable bonds is 5. The van der Waals surface area contributed by atoms with Crippen LogP contribution in [0.25, 0.3) is 11.4 Å². The van der Waals surface area contributed by atoms with Crippen LogP contribution in [0.2, 0.25) is 5.28 Å². The largest absolute Gasteiger partial charge is 0.434 e. The number of benzene rings is 1.